The second-order valence-corrected chi connectivity index (χ2v) is 6.37. The van der Waals surface area contributed by atoms with Crippen molar-refractivity contribution >= 4 is 26.7 Å². The maximum atomic E-state index is 6.52. The third kappa shape index (κ3) is 3.02. The van der Waals surface area contributed by atoms with Gasteiger partial charge in [-0.1, -0.05) is 64.5 Å². The van der Waals surface area contributed by atoms with Gasteiger partial charge in [-0.2, -0.15) is 0 Å². The topological polar surface area (TPSA) is 26.0 Å². The first-order valence-electron chi connectivity index (χ1n) is 7.13. The van der Waals surface area contributed by atoms with Gasteiger partial charge < -0.3 is 5.73 Å². The van der Waals surface area contributed by atoms with Crippen molar-refractivity contribution in [3.8, 4) is 0 Å². The van der Waals surface area contributed by atoms with Crippen molar-refractivity contribution in [2.24, 2.45) is 5.73 Å². The lowest BCUT2D eigenvalue weighted by atomic mass is 9.91. The highest BCUT2D eigenvalue weighted by Crippen LogP contribution is 2.28. The van der Waals surface area contributed by atoms with E-state index < -0.39 is 0 Å². The van der Waals surface area contributed by atoms with Crippen LogP contribution in [0.3, 0.4) is 0 Å². The van der Waals surface area contributed by atoms with Gasteiger partial charge in [-0.25, -0.2) is 0 Å². The van der Waals surface area contributed by atoms with Gasteiger partial charge in [0.1, 0.15) is 0 Å². The number of rotatable bonds is 3. The fourth-order valence-electron chi connectivity index (χ4n) is 2.87. The lowest BCUT2D eigenvalue weighted by Gasteiger charge is -2.18. The molecule has 3 aromatic carbocycles. The molecule has 0 aromatic heterocycles. The van der Waals surface area contributed by atoms with Crippen molar-refractivity contribution in [3.63, 3.8) is 0 Å². The molecule has 0 saturated carbocycles. The van der Waals surface area contributed by atoms with Gasteiger partial charge in [0.15, 0.2) is 0 Å². The van der Waals surface area contributed by atoms with Gasteiger partial charge in [0.25, 0.3) is 0 Å². The summed E-state index contributed by atoms with van der Waals surface area (Å²) >= 11 is 3.47. The maximum absolute atomic E-state index is 6.52. The smallest absolute Gasteiger partial charge is 0.0344 e. The average Bonchev–Trinajstić information content (AvgIpc) is 2.49. The van der Waals surface area contributed by atoms with E-state index in [9.17, 15) is 0 Å². The van der Waals surface area contributed by atoms with E-state index in [1.165, 1.54) is 27.5 Å². The van der Waals surface area contributed by atoms with E-state index in [4.69, 9.17) is 5.73 Å². The van der Waals surface area contributed by atoms with Gasteiger partial charge in [0.05, 0.1) is 0 Å². The highest BCUT2D eigenvalue weighted by Gasteiger charge is 2.13. The molecule has 1 nitrogen and oxygen atoms in total. The minimum Gasteiger partial charge on any atom is -0.324 e. The minimum absolute atomic E-state index is 0.0114. The summed E-state index contributed by atoms with van der Waals surface area (Å²) in [6.07, 6.45) is 0.849. The molecule has 0 amide bonds. The standard InChI is InChI=1S/C19H18BrN/c1-13-6-9-15-4-2-3-5-17(15)19(13)18(21)12-14-7-10-16(20)11-8-14/h2-11,18H,12,21H2,1H3. The molecule has 0 aliphatic rings. The van der Waals surface area contributed by atoms with Crippen molar-refractivity contribution in [2.45, 2.75) is 19.4 Å². The Morgan fingerprint density at radius 2 is 1.67 bits per heavy atom. The van der Waals surface area contributed by atoms with Crippen LogP contribution in [0.15, 0.2) is 65.1 Å². The quantitative estimate of drug-likeness (QED) is 0.701. The zero-order valence-corrected chi connectivity index (χ0v) is 13.6. The van der Waals surface area contributed by atoms with E-state index in [0.29, 0.717) is 0 Å². The fourth-order valence-corrected chi connectivity index (χ4v) is 3.14. The van der Waals surface area contributed by atoms with Crippen LogP contribution in [0, 0.1) is 6.92 Å². The molecule has 2 N–H and O–H groups in total. The second kappa shape index (κ2) is 6.00. The Kier molecular flexibility index (Phi) is 4.09. The molecule has 0 radical (unpaired) electrons. The molecule has 2 heteroatoms. The summed E-state index contributed by atoms with van der Waals surface area (Å²) in [5, 5.41) is 2.52. The summed E-state index contributed by atoms with van der Waals surface area (Å²) < 4.78 is 1.10. The van der Waals surface area contributed by atoms with Crippen molar-refractivity contribution < 1.29 is 0 Å². The van der Waals surface area contributed by atoms with Crippen molar-refractivity contribution in [1.29, 1.82) is 0 Å². The zero-order valence-electron chi connectivity index (χ0n) is 12.0. The van der Waals surface area contributed by atoms with Crippen LogP contribution in [0.2, 0.25) is 0 Å². The molecule has 21 heavy (non-hydrogen) atoms. The number of hydrogen-bond acceptors (Lipinski definition) is 1. The SMILES string of the molecule is Cc1ccc2ccccc2c1C(N)Cc1ccc(Br)cc1. The predicted molar refractivity (Wildman–Crippen MR) is 93.5 cm³/mol. The molecule has 0 fully saturated rings. The van der Waals surface area contributed by atoms with Gasteiger partial charge in [-0.3, -0.25) is 0 Å². The van der Waals surface area contributed by atoms with E-state index in [1.807, 2.05) is 0 Å². The average molecular weight is 340 g/mol. The highest BCUT2D eigenvalue weighted by molar-refractivity contribution is 9.10. The van der Waals surface area contributed by atoms with E-state index in [2.05, 4.69) is 83.5 Å². The Morgan fingerprint density at radius 3 is 2.43 bits per heavy atom. The number of aryl methyl sites for hydroxylation is 1. The van der Waals surface area contributed by atoms with Gasteiger partial charge >= 0.3 is 0 Å². The van der Waals surface area contributed by atoms with E-state index in [1.54, 1.807) is 0 Å². The van der Waals surface area contributed by atoms with Crippen LogP contribution in [-0.2, 0) is 6.42 Å². The Bertz CT molecular complexity index is 762. The van der Waals surface area contributed by atoms with Crippen LogP contribution in [-0.4, -0.2) is 0 Å². The summed E-state index contributed by atoms with van der Waals surface area (Å²) in [5.41, 5.74) is 10.3. The fraction of sp³-hybridized carbons (Fsp3) is 0.158. The lowest BCUT2D eigenvalue weighted by Crippen LogP contribution is -2.15. The Morgan fingerprint density at radius 1 is 0.952 bits per heavy atom. The molecule has 0 heterocycles. The number of fused-ring (bicyclic) bond motifs is 1. The van der Waals surface area contributed by atoms with Crippen LogP contribution in [0.25, 0.3) is 10.8 Å². The largest absolute Gasteiger partial charge is 0.324 e. The van der Waals surface area contributed by atoms with E-state index >= 15 is 0 Å². The number of halogens is 1. The molecule has 1 unspecified atom stereocenters. The highest BCUT2D eigenvalue weighted by atomic mass is 79.9. The van der Waals surface area contributed by atoms with Crippen molar-refractivity contribution in [3.05, 3.63) is 81.8 Å². The van der Waals surface area contributed by atoms with Crippen LogP contribution in [0.4, 0.5) is 0 Å². The van der Waals surface area contributed by atoms with Crippen molar-refractivity contribution in [1.82, 2.24) is 0 Å². The van der Waals surface area contributed by atoms with E-state index in [-0.39, 0.29) is 6.04 Å². The maximum Gasteiger partial charge on any atom is 0.0344 e. The van der Waals surface area contributed by atoms with Gasteiger partial charge in [-0.15, -0.1) is 0 Å². The summed E-state index contributed by atoms with van der Waals surface area (Å²) in [7, 11) is 0. The summed E-state index contributed by atoms with van der Waals surface area (Å²) in [6, 6.07) is 21.2. The van der Waals surface area contributed by atoms with Crippen LogP contribution in [0.1, 0.15) is 22.7 Å². The molecule has 0 bridgehead atoms. The first-order chi connectivity index (χ1) is 10.1. The number of hydrogen-bond donors (Lipinski definition) is 1. The third-order valence-corrected chi connectivity index (χ3v) is 4.46. The molecule has 3 aromatic rings. The normalized spacial score (nSPS) is 12.5. The zero-order chi connectivity index (χ0) is 14.8. The van der Waals surface area contributed by atoms with Crippen LogP contribution >= 0.6 is 15.9 Å². The Balaban J connectivity index is 1.99. The first-order valence-corrected chi connectivity index (χ1v) is 7.93. The minimum atomic E-state index is 0.0114. The number of nitrogens with two attached hydrogens (primary N) is 1. The summed E-state index contributed by atoms with van der Waals surface area (Å²) in [6.45, 7) is 2.14. The molecule has 0 aliphatic heterocycles. The molecule has 3 rings (SSSR count). The molecule has 0 aliphatic carbocycles. The van der Waals surface area contributed by atoms with Crippen molar-refractivity contribution in [2.75, 3.05) is 0 Å². The molecule has 0 saturated heterocycles. The van der Waals surface area contributed by atoms with Crippen LogP contribution in [0.5, 0.6) is 0 Å². The van der Waals surface area contributed by atoms with Gasteiger partial charge in [0, 0.05) is 10.5 Å². The predicted octanol–water partition coefficient (Wildman–Crippen LogP) is 5.15. The van der Waals surface area contributed by atoms with Gasteiger partial charge in [-0.05, 0) is 52.9 Å². The molecular weight excluding hydrogens is 322 g/mol. The molecule has 106 valence electrons. The third-order valence-electron chi connectivity index (χ3n) is 3.93. The van der Waals surface area contributed by atoms with E-state index in [0.717, 1.165) is 10.9 Å². The second-order valence-electron chi connectivity index (χ2n) is 5.45. The molecular formula is C19H18BrN. The summed E-state index contributed by atoms with van der Waals surface area (Å²) in [5.74, 6) is 0. The van der Waals surface area contributed by atoms with Gasteiger partial charge in [0.2, 0.25) is 0 Å². The molecule has 1 atom stereocenters. The monoisotopic (exact) mass is 339 g/mol. The number of benzene rings is 3. The summed E-state index contributed by atoms with van der Waals surface area (Å²) in [4.78, 5) is 0. The Hall–Kier alpha value is -1.64. The van der Waals surface area contributed by atoms with Crippen LogP contribution < -0.4 is 5.73 Å². The molecule has 0 spiro atoms. The Labute approximate surface area is 133 Å². The lowest BCUT2D eigenvalue weighted by molar-refractivity contribution is 0.723. The first kappa shape index (κ1) is 14.3.